The summed E-state index contributed by atoms with van der Waals surface area (Å²) >= 11 is 0. The van der Waals surface area contributed by atoms with Gasteiger partial charge in [-0.3, -0.25) is 14.3 Å². The van der Waals surface area contributed by atoms with E-state index >= 15 is 0 Å². The normalized spacial score (nSPS) is 10.6. The van der Waals surface area contributed by atoms with Gasteiger partial charge in [-0.15, -0.1) is 0 Å². The smallest absolute Gasteiger partial charge is 0.255 e. The molecule has 0 aliphatic carbocycles. The molecule has 3 N–H and O–H groups in total. The molecule has 128 valence electrons. The minimum Gasteiger partial charge on any atom is -0.383 e. The van der Waals surface area contributed by atoms with E-state index in [1.54, 1.807) is 25.3 Å². The summed E-state index contributed by atoms with van der Waals surface area (Å²) in [6, 6.07) is 6.15. The first-order valence-electron chi connectivity index (χ1n) is 7.40. The molecule has 1 aromatic heterocycles. The highest BCUT2D eigenvalue weighted by atomic mass is 19.1. The van der Waals surface area contributed by atoms with Crippen molar-refractivity contribution >= 4 is 11.8 Å². The summed E-state index contributed by atoms with van der Waals surface area (Å²) in [6.45, 7) is 0.842. The molecule has 0 aliphatic rings. The van der Waals surface area contributed by atoms with Gasteiger partial charge in [0.2, 0.25) is 5.91 Å². The van der Waals surface area contributed by atoms with Gasteiger partial charge < -0.3 is 15.8 Å². The molecule has 0 radical (unpaired) electrons. The topological polar surface area (TPSA) is 99.2 Å². The summed E-state index contributed by atoms with van der Waals surface area (Å²) in [5.74, 6) is -1.42. The fourth-order valence-corrected chi connectivity index (χ4v) is 2.23. The summed E-state index contributed by atoms with van der Waals surface area (Å²) in [6.07, 6.45) is 1.40. The lowest BCUT2D eigenvalue weighted by Crippen LogP contribution is -2.28. The third-order valence-electron chi connectivity index (χ3n) is 3.38. The minimum absolute atomic E-state index is 0.0264. The zero-order chi connectivity index (χ0) is 17.5. The van der Waals surface area contributed by atoms with E-state index in [-0.39, 0.29) is 24.1 Å². The zero-order valence-corrected chi connectivity index (χ0v) is 13.3. The fraction of sp³-hybridized carbons (Fsp3) is 0.312. The number of halogens is 1. The van der Waals surface area contributed by atoms with Gasteiger partial charge in [-0.2, -0.15) is 5.10 Å². The lowest BCUT2D eigenvalue weighted by molar-refractivity contribution is -0.117. The highest BCUT2D eigenvalue weighted by Crippen LogP contribution is 2.26. The SMILES string of the molecule is COCCn1ncc(C(=O)NCCC(N)=O)c1-c1ccccc1F. The Labute approximate surface area is 138 Å². The molecule has 0 atom stereocenters. The Morgan fingerprint density at radius 3 is 2.79 bits per heavy atom. The largest absolute Gasteiger partial charge is 0.383 e. The van der Waals surface area contributed by atoms with E-state index in [4.69, 9.17) is 10.5 Å². The highest BCUT2D eigenvalue weighted by molar-refractivity contribution is 6.00. The van der Waals surface area contributed by atoms with E-state index in [0.29, 0.717) is 18.8 Å². The molecule has 24 heavy (non-hydrogen) atoms. The Kier molecular flexibility index (Phi) is 6.02. The molecular weight excluding hydrogens is 315 g/mol. The predicted molar refractivity (Wildman–Crippen MR) is 85.6 cm³/mol. The highest BCUT2D eigenvalue weighted by Gasteiger charge is 2.21. The van der Waals surface area contributed by atoms with Gasteiger partial charge in [0, 0.05) is 25.6 Å². The standard InChI is InChI=1S/C16H19FN4O3/c1-24-9-8-21-15(11-4-2-3-5-13(11)17)12(10-20-21)16(23)19-7-6-14(18)22/h2-5,10H,6-9H2,1H3,(H2,18,22)(H,19,23). The summed E-state index contributed by atoms with van der Waals surface area (Å²) in [5, 5.41) is 6.74. The number of carbonyl (C=O) groups excluding carboxylic acids is 2. The summed E-state index contributed by atoms with van der Waals surface area (Å²) in [5.41, 5.74) is 5.90. The number of hydrogen-bond donors (Lipinski definition) is 2. The van der Waals surface area contributed by atoms with E-state index < -0.39 is 17.6 Å². The molecule has 0 aliphatic heterocycles. The Hall–Kier alpha value is -2.74. The van der Waals surface area contributed by atoms with Crippen LogP contribution < -0.4 is 11.1 Å². The van der Waals surface area contributed by atoms with Gasteiger partial charge in [-0.25, -0.2) is 4.39 Å². The zero-order valence-electron chi connectivity index (χ0n) is 13.3. The summed E-state index contributed by atoms with van der Waals surface area (Å²) in [7, 11) is 1.55. The van der Waals surface area contributed by atoms with Crippen LogP contribution >= 0.6 is 0 Å². The predicted octanol–water partition coefficient (Wildman–Crippen LogP) is 0.941. The molecule has 0 spiro atoms. The first kappa shape index (κ1) is 17.6. The lowest BCUT2D eigenvalue weighted by atomic mass is 10.1. The molecule has 0 fully saturated rings. The summed E-state index contributed by atoms with van der Waals surface area (Å²) in [4.78, 5) is 23.1. The maximum atomic E-state index is 14.2. The van der Waals surface area contributed by atoms with Crippen LogP contribution in [0.25, 0.3) is 11.3 Å². The average molecular weight is 334 g/mol. The Balaban J connectivity index is 2.34. The number of amides is 2. The molecule has 0 saturated carbocycles. The van der Waals surface area contributed by atoms with Gasteiger partial charge in [0.05, 0.1) is 30.6 Å². The van der Waals surface area contributed by atoms with Crippen molar-refractivity contribution in [3.05, 3.63) is 41.8 Å². The number of methoxy groups -OCH3 is 1. The molecule has 0 unspecified atom stereocenters. The molecule has 0 saturated heterocycles. The fourth-order valence-electron chi connectivity index (χ4n) is 2.23. The molecule has 7 nitrogen and oxygen atoms in total. The van der Waals surface area contributed by atoms with E-state index in [9.17, 15) is 14.0 Å². The minimum atomic E-state index is -0.514. The molecule has 0 bridgehead atoms. The van der Waals surface area contributed by atoms with Crippen LogP contribution in [0.1, 0.15) is 16.8 Å². The number of carbonyl (C=O) groups is 2. The van der Waals surface area contributed by atoms with Crippen LogP contribution in [0.4, 0.5) is 4.39 Å². The molecule has 8 heteroatoms. The van der Waals surface area contributed by atoms with Crippen molar-refractivity contribution in [2.24, 2.45) is 5.73 Å². The third kappa shape index (κ3) is 4.17. The van der Waals surface area contributed by atoms with E-state index in [1.807, 2.05) is 0 Å². The van der Waals surface area contributed by atoms with Crippen LogP contribution in [-0.2, 0) is 16.1 Å². The number of ether oxygens (including phenoxy) is 1. The number of aromatic nitrogens is 2. The average Bonchev–Trinajstić information content (AvgIpc) is 2.96. The van der Waals surface area contributed by atoms with Gasteiger partial charge in [0.25, 0.3) is 5.91 Å². The number of nitrogens with one attached hydrogen (secondary N) is 1. The first-order valence-corrected chi connectivity index (χ1v) is 7.40. The Morgan fingerprint density at radius 2 is 2.12 bits per heavy atom. The number of hydrogen-bond acceptors (Lipinski definition) is 4. The van der Waals surface area contributed by atoms with Gasteiger partial charge in [0.1, 0.15) is 5.82 Å². The van der Waals surface area contributed by atoms with Crippen LogP contribution in [0.2, 0.25) is 0 Å². The maximum Gasteiger partial charge on any atom is 0.255 e. The van der Waals surface area contributed by atoms with Gasteiger partial charge in [-0.05, 0) is 12.1 Å². The molecule has 1 aromatic carbocycles. The summed E-state index contributed by atoms with van der Waals surface area (Å²) < 4.78 is 20.7. The van der Waals surface area contributed by atoms with Gasteiger partial charge >= 0.3 is 0 Å². The number of benzene rings is 1. The number of rotatable bonds is 8. The first-order chi connectivity index (χ1) is 11.5. The van der Waals surface area contributed by atoms with Crippen LogP contribution in [0.15, 0.2) is 30.5 Å². The second-order valence-corrected chi connectivity index (χ2v) is 5.07. The van der Waals surface area contributed by atoms with Crippen molar-refractivity contribution in [2.45, 2.75) is 13.0 Å². The van der Waals surface area contributed by atoms with Crippen molar-refractivity contribution in [2.75, 3.05) is 20.3 Å². The van der Waals surface area contributed by atoms with Crippen molar-refractivity contribution in [3.63, 3.8) is 0 Å². The van der Waals surface area contributed by atoms with Gasteiger partial charge in [0.15, 0.2) is 0 Å². The maximum absolute atomic E-state index is 14.2. The van der Waals surface area contributed by atoms with Crippen molar-refractivity contribution < 1.29 is 18.7 Å². The number of nitrogens with zero attached hydrogens (tertiary/aromatic N) is 2. The van der Waals surface area contributed by atoms with Crippen LogP contribution in [-0.4, -0.2) is 41.9 Å². The van der Waals surface area contributed by atoms with E-state index in [1.165, 1.54) is 16.9 Å². The lowest BCUT2D eigenvalue weighted by Gasteiger charge is -2.11. The molecule has 2 amide bonds. The number of nitrogens with two attached hydrogens (primary N) is 1. The monoisotopic (exact) mass is 334 g/mol. The van der Waals surface area contributed by atoms with Crippen molar-refractivity contribution in [1.82, 2.24) is 15.1 Å². The van der Waals surface area contributed by atoms with Crippen LogP contribution in [0.5, 0.6) is 0 Å². The molecule has 1 heterocycles. The van der Waals surface area contributed by atoms with Crippen molar-refractivity contribution in [1.29, 1.82) is 0 Å². The third-order valence-corrected chi connectivity index (χ3v) is 3.38. The van der Waals surface area contributed by atoms with Crippen molar-refractivity contribution in [3.8, 4) is 11.3 Å². The van der Waals surface area contributed by atoms with Crippen LogP contribution in [0.3, 0.4) is 0 Å². The molecule has 2 aromatic rings. The molecule has 2 rings (SSSR count). The molecular formula is C16H19FN4O3. The number of primary amides is 1. The van der Waals surface area contributed by atoms with E-state index in [2.05, 4.69) is 10.4 Å². The second kappa shape index (κ2) is 8.21. The second-order valence-electron chi connectivity index (χ2n) is 5.07. The van der Waals surface area contributed by atoms with Crippen LogP contribution in [0, 0.1) is 5.82 Å². The quantitative estimate of drug-likeness (QED) is 0.750. The van der Waals surface area contributed by atoms with Gasteiger partial charge in [-0.1, -0.05) is 12.1 Å². The Bertz CT molecular complexity index is 730. The Morgan fingerprint density at radius 1 is 1.38 bits per heavy atom. The van der Waals surface area contributed by atoms with E-state index in [0.717, 1.165) is 0 Å².